The molecule has 0 heterocycles. The molecule has 0 aromatic heterocycles. The van der Waals surface area contributed by atoms with Gasteiger partial charge in [-0.2, -0.15) is 4.99 Å². The largest absolute Gasteiger partial charge is 0.240 e. The molecule has 2 nitrogen and oxygen atoms in total. The first kappa shape index (κ1) is 9.46. The number of halogens is 2. The van der Waals surface area contributed by atoms with E-state index < -0.39 is 0 Å². The summed E-state index contributed by atoms with van der Waals surface area (Å²) in [5.41, 5.74) is 1.31. The lowest BCUT2D eigenvalue weighted by Gasteiger charge is -2.02. The van der Waals surface area contributed by atoms with Crippen LogP contribution < -0.4 is 0 Å². The molecule has 0 saturated heterocycles. The monoisotopic (exact) mass is 245 g/mol. The number of hydrogen-bond acceptors (Lipinski definition) is 2. The quantitative estimate of drug-likeness (QED) is 0.552. The predicted octanol–water partition coefficient (Wildman–Crippen LogP) is 3.38. The lowest BCUT2D eigenvalue weighted by atomic mass is 10.2. The molecular weight excluding hydrogens is 241 g/mol. The van der Waals surface area contributed by atoms with Gasteiger partial charge in [0.25, 0.3) is 0 Å². The van der Waals surface area contributed by atoms with Crippen molar-refractivity contribution in [2.45, 2.75) is 6.92 Å². The summed E-state index contributed by atoms with van der Waals surface area (Å²) in [6.07, 6.45) is 1.48. The molecule has 0 N–H and O–H groups in total. The summed E-state index contributed by atoms with van der Waals surface area (Å²) >= 11 is 9.06. The number of hydrogen-bond donors (Lipinski definition) is 0. The zero-order valence-corrected chi connectivity index (χ0v) is 8.61. The fourth-order valence-electron chi connectivity index (χ4n) is 0.825. The van der Waals surface area contributed by atoms with Gasteiger partial charge >= 0.3 is 0 Å². The van der Waals surface area contributed by atoms with E-state index in [9.17, 15) is 4.79 Å². The summed E-state index contributed by atoms with van der Waals surface area (Å²) in [7, 11) is 0. The molecule has 0 aliphatic heterocycles. The SMILES string of the molecule is Cc1c(Cl)ccc(Br)c1N=C=O. The van der Waals surface area contributed by atoms with Gasteiger partial charge in [-0.3, -0.25) is 0 Å². The normalized spacial score (nSPS) is 9.25. The third-order valence-corrected chi connectivity index (χ3v) is 2.52. The zero-order chi connectivity index (χ0) is 9.14. The summed E-state index contributed by atoms with van der Waals surface area (Å²) in [5.74, 6) is 0. The molecule has 0 saturated carbocycles. The molecule has 0 aliphatic carbocycles. The number of aliphatic imine (C=N–C) groups is 1. The van der Waals surface area contributed by atoms with E-state index in [0.29, 0.717) is 10.7 Å². The smallest absolute Gasteiger partial charge is 0.211 e. The molecule has 0 fully saturated rings. The Kier molecular flexibility index (Phi) is 3.04. The van der Waals surface area contributed by atoms with Gasteiger partial charge in [0.1, 0.15) is 0 Å². The number of rotatable bonds is 1. The van der Waals surface area contributed by atoms with Gasteiger partial charge in [0.05, 0.1) is 5.69 Å². The minimum Gasteiger partial charge on any atom is -0.211 e. The van der Waals surface area contributed by atoms with E-state index in [0.717, 1.165) is 10.0 Å². The van der Waals surface area contributed by atoms with Crippen LogP contribution in [-0.4, -0.2) is 6.08 Å². The molecule has 0 atom stereocenters. The molecule has 0 radical (unpaired) electrons. The summed E-state index contributed by atoms with van der Waals surface area (Å²) in [4.78, 5) is 13.6. The van der Waals surface area contributed by atoms with Crippen molar-refractivity contribution in [3.63, 3.8) is 0 Å². The van der Waals surface area contributed by atoms with E-state index in [-0.39, 0.29) is 0 Å². The topological polar surface area (TPSA) is 29.4 Å². The average Bonchev–Trinajstić information content (AvgIpc) is 2.06. The second-order valence-electron chi connectivity index (χ2n) is 2.21. The molecule has 1 aromatic rings. The van der Waals surface area contributed by atoms with Gasteiger partial charge in [-0.1, -0.05) is 11.6 Å². The van der Waals surface area contributed by atoms with E-state index in [1.54, 1.807) is 19.1 Å². The van der Waals surface area contributed by atoms with Crippen LogP contribution in [-0.2, 0) is 4.79 Å². The maximum Gasteiger partial charge on any atom is 0.240 e. The second kappa shape index (κ2) is 3.85. The molecule has 4 heteroatoms. The van der Waals surface area contributed by atoms with Gasteiger partial charge in [-0.05, 0) is 40.5 Å². The first-order valence-corrected chi connectivity index (χ1v) is 4.36. The van der Waals surface area contributed by atoms with Crippen LogP contribution in [0.1, 0.15) is 5.56 Å². The van der Waals surface area contributed by atoms with Crippen LogP contribution in [0.5, 0.6) is 0 Å². The van der Waals surface area contributed by atoms with Crippen LogP contribution in [0.25, 0.3) is 0 Å². The van der Waals surface area contributed by atoms with Crippen LogP contribution in [0.4, 0.5) is 5.69 Å². The van der Waals surface area contributed by atoms with Crippen LogP contribution in [0, 0.1) is 6.92 Å². The molecule has 0 bridgehead atoms. The minimum atomic E-state index is 0.539. The Morgan fingerprint density at radius 3 is 2.83 bits per heavy atom. The Bertz CT molecular complexity index is 358. The first-order chi connectivity index (χ1) is 5.66. The van der Waals surface area contributed by atoms with Gasteiger partial charge in [0.2, 0.25) is 6.08 Å². The summed E-state index contributed by atoms with van der Waals surface area (Å²) in [6, 6.07) is 3.48. The van der Waals surface area contributed by atoms with Crippen molar-refractivity contribution in [1.29, 1.82) is 0 Å². The second-order valence-corrected chi connectivity index (χ2v) is 3.47. The third-order valence-electron chi connectivity index (χ3n) is 1.47. The Labute approximate surface area is 83.4 Å². The minimum absolute atomic E-state index is 0.539. The number of carbonyl (C=O) groups excluding carboxylic acids is 1. The van der Waals surface area contributed by atoms with Crippen molar-refractivity contribution in [3.8, 4) is 0 Å². The Balaban J connectivity index is 3.42. The van der Waals surface area contributed by atoms with E-state index in [2.05, 4.69) is 20.9 Å². The molecule has 1 aromatic carbocycles. The van der Waals surface area contributed by atoms with E-state index in [1.165, 1.54) is 6.08 Å². The fraction of sp³-hybridized carbons (Fsp3) is 0.125. The number of isocyanates is 1. The molecule has 0 aliphatic rings. The van der Waals surface area contributed by atoms with E-state index in [4.69, 9.17) is 11.6 Å². The number of nitrogens with zero attached hydrogens (tertiary/aromatic N) is 1. The van der Waals surface area contributed by atoms with Crippen molar-refractivity contribution in [2.24, 2.45) is 4.99 Å². The molecular formula is C8H5BrClNO. The fourth-order valence-corrected chi connectivity index (χ4v) is 1.50. The third kappa shape index (κ3) is 1.75. The Morgan fingerprint density at radius 1 is 1.58 bits per heavy atom. The maximum absolute atomic E-state index is 10.0. The van der Waals surface area contributed by atoms with Crippen LogP contribution in [0.3, 0.4) is 0 Å². The first-order valence-electron chi connectivity index (χ1n) is 3.19. The highest BCUT2D eigenvalue weighted by molar-refractivity contribution is 9.10. The van der Waals surface area contributed by atoms with Crippen LogP contribution >= 0.6 is 27.5 Å². The molecule has 0 unspecified atom stereocenters. The van der Waals surface area contributed by atoms with Gasteiger partial charge in [-0.25, -0.2) is 4.79 Å². The molecule has 0 spiro atoms. The van der Waals surface area contributed by atoms with E-state index >= 15 is 0 Å². The molecule has 1 rings (SSSR count). The van der Waals surface area contributed by atoms with Crippen LogP contribution in [0.15, 0.2) is 21.6 Å². The van der Waals surface area contributed by atoms with Gasteiger partial charge in [0.15, 0.2) is 0 Å². The van der Waals surface area contributed by atoms with Crippen molar-refractivity contribution in [3.05, 3.63) is 27.2 Å². The maximum atomic E-state index is 10.0. The van der Waals surface area contributed by atoms with Crippen molar-refractivity contribution >= 4 is 39.3 Å². The van der Waals surface area contributed by atoms with Gasteiger partial charge < -0.3 is 0 Å². The van der Waals surface area contributed by atoms with Crippen molar-refractivity contribution < 1.29 is 4.79 Å². The van der Waals surface area contributed by atoms with Gasteiger partial charge in [0, 0.05) is 9.50 Å². The standard InChI is InChI=1S/C8H5BrClNO/c1-5-7(10)3-2-6(9)8(5)11-4-12/h2-3H,1H3. The highest BCUT2D eigenvalue weighted by Crippen LogP contribution is 2.33. The lowest BCUT2D eigenvalue weighted by Crippen LogP contribution is -1.78. The van der Waals surface area contributed by atoms with Gasteiger partial charge in [-0.15, -0.1) is 0 Å². The van der Waals surface area contributed by atoms with Crippen LogP contribution in [0.2, 0.25) is 5.02 Å². The summed E-state index contributed by atoms with van der Waals surface area (Å²) in [5, 5.41) is 0.590. The predicted molar refractivity (Wildman–Crippen MR) is 51.7 cm³/mol. The van der Waals surface area contributed by atoms with Crippen molar-refractivity contribution in [2.75, 3.05) is 0 Å². The highest BCUT2D eigenvalue weighted by atomic mass is 79.9. The number of benzene rings is 1. The summed E-state index contributed by atoms with van der Waals surface area (Å²) < 4.78 is 0.743. The summed E-state index contributed by atoms with van der Waals surface area (Å²) in [6.45, 7) is 1.79. The average molecular weight is 246 g/mol. The highest BCUT2D eigenvalue weighted by Gasteiger charge is 2.05. The van der Waals surface area contributed by atoms with E-state index in [1.807, 2.05) is 0 Å². The molecule has 12 heavy (non-hydrogen) atoms. The Morgan fingerprint density at radius 2 is 2.25 bits per heavy atom. The molecule has 62 valence electrons. The molecule has 0 amide bonds. The zero-order valence-electron chi connectivity index (χ0n) is 6.27. The lowest BCUT2D eigenvalue weighted by molar-refractivity contribution is 0.565. The van der Waals surface area contributed by atoms with Crippen molar-refractivity contribution in [1.82, 2.24) is 0 Å². The Hall–Kier alpha value is -0.630.